The van der Waals surface area contributed by atoms with E-state index in [1.807, 2.05) is 19.1 Å². The van der Waals surface area contributed by atoms with E-state index < -0.39 is 12.0 Å². The lowest BCUT2D eigenvalue weighted by molar-refractivity contribution is -0.137. The highest BCUT2D eigenvalue weighted by atomic mass is 79.9. The third-order valence-corrected chi connectivity index (χ3v) is 3.95. The van der Waals surface area contributed by atoms with Gasteiger partial charge in [0.25, 0.3) is 5.91 Å². The van der Waals surface area contributed by atoms with Gasteiger partial charge in [0.2, 0.25) is 0 Å². The smallest absolute Gasteiger partial charge is 0.305 e. The van der Waals surface area contributed by atoms with Gasteiger partial charge in [-0.3, -0.25) is 9.59 Å². The normalized spacial score (nSPS) is 11.9. The van der Waals surface area contributed by atoms with Gasteiger partial charge in [0.1, 0.15) is 5.76 Å². The lowest BCUT2D eigenvalue weighted by Gasteiger charge is -2.17. The Bertz CT molecular complexity index is 678. The second kappa shape index (κ2) is 7.97. The average molecular weight is 380 g/mol. The summed E-state index contributed by atoms with van der Waals surface area (Å²) in [5.74, 6) is -0.676. The molecule has 0 bridgehead atoms. The molecule has 1 atom stereocenters. The number of halogens is 1. The molecule has 0 aliphatic rings. The van der Waals surface area contributed by atoms with Crippen molar-refractivity contribution in [1.29, 1.82) is 0 Å². The number of rotatable bonds is 7. The Balaban J connectivity index is 2.19. The summed E-state index contributed by atoms with van der Waals surface area (Å²) in [7, 11) is 0. The van der Waals surface area contributed by atoms with Gasteiger partial charge in [-0.1, -0.05) is 35.0 Å². The number of carboxylic acids is 1. The minimum atomic E-state index is -0.973. The first kappa shape index (κ1) is 17.3. The third kappa shape index (κ3) is 4.69. The number of hydrogen-bond acceptors (Lipinski definition) is 3. The quantitative estimate of drug-likeness (QED) is 0.763. The Labute approximate surface area is 142 Å². The molecule has 0 radical (unpaired) electrons. The number of carboxylic acid groups (broad SMARTS) is 1. The maximum atomic E-state index is 12.5. The van der Waals surface area contributed by atoms with Gasteiger partial charge < -0.3 is 14.8 Å². The number of furan rings is 1. The molecule has 1 unspecified atom stereocenters. The molecule has 6 heteroatoms. The number of hydrogen-bond donors (Lipinski definition) is 2. The fourth-order valence-corrected chi connectivity index (χ4v) is 2.59. The second-order valence-electron chi connectivity index (χ2n) is 5.18. The molecule has 1 amide bonds. The van der Waals surface area contributed by atoms with Gasteiger partial charge in [0, 0.05) is 10.9 Å². The summed E-state index contributed by atoms with van der Waals surface area (Å²) in [5, 5.41) is 11.9. The number of aliphatic carboxylic acids is 1. The zero-order valence-corrected chi connectivity index (χ0v) is 14.3. The molecule has 0 aliphatic carbocycles. The summed E-state index contributed by atoms with van der Waals surface area (Å²) in [6.07, 6.45) is 2.82. The predicted octanol–water partition coefficient (Wildman–Crippen LogP) is 3.94. The van der Waals surface area contributed by atoms with Crippen LogP contribution in [-0.4, -0.2) is 17.0 Å². The van der Waals surface area contributed by atoms with Crippen LogP contribution in [0.3, 0.4) is 0 Å². The maximum absolute atomic E-state index is 12.5. The Morgan fingerprint density at radius 3 is 2.57 bits per heavy atom. The molecule has 0 saturated carbocycles. The molecule has 2 rings (SSSR count). The van der Waals surface area contributed by atoms with E-state index in [9.17, 15) is 9.59 Å². The van der Waals surface area contributed by atoms with E-state index in [1.165, 1.54) is 6.26 Å². The van der Waals surface area contributed by atoms with E-state index in [-0.39, 0.29) is 12.3 Å². The van der Waals surface area contributed by atoms with Crippen molar-refractivity contribution >= 4 is 27.8 Å². The first-order valence-corrected chi connectivity index (χ1v) is 8.15. The topological polar surface area (TPSA) is 79.5 Å². The summed E-state index contributed by atoms with van der Waals surface area (Å²) in [6, 6.07) is 8.23. The van der Waals surface area contributed by atoms with Gasteiger partial charge in [0.05, 0.1) is 24.3 Å². The summed E-state index contributed by atoms with van der Waals surface area (Å²) >= 11 is 3.34. The first-order chi connectivity index (χ1) is 11.0. The number of amides is 1. The SMILES string of the molecule is CCCc1occc1C(=O)NC(CC(=O)O)c1ccc(Br)cc1. The average Bonchev–Trinajstić information content (AvgIpc) is 2.95. The Morgan fingerprint density at radius 1 is 1.26 bits per heavy atom. The van der Waals surface area contributed by atoms with Crippen molar-refractivity contribution in [2.75, 3.05) is 0 Å². The minimum absolute atomic E-state index is 0.186. The van der Waals surface area contributed by atoms with Crippen molar-refractivity contribution in [2.45, 2.75) is 32.2 Å². The standard InChI is InChI=1S/C17H18BrNO4/c1-2-3-15-13(8-9-23-15)17(22)19-14(10-16(20)21)11-4-6-12(18)7-5-11/h4-9,14H,2-3,10H2,1H3,(H,19,22)(H,20,21). The van der Waals surface area contributed by atoms with Crippen molar-refractivity contribution in [3.8, 4) is 0 Å². The van der Waals surface area contributed by atoms with E-state index in [0.717, 1.165) is 16.5 Å². The summed E-state index contributed by atoms with van der Waals surface area (Å²) in [4.78, 5) is 23.6. The van der Waals surface area contributed by atoms with Gasteiger partial charge in [0.15, 0.2) is 0 Å². The number of aryl methyl sites for hydroxylation is 1. The zero-order valence-electron chi connectivity index (χ0n) is 12.7. The molecule has 2 N–H and O–H groups in total. The largest absolute Gasteiger partial charge is 0.481 e. The molecule has 0 fully saturated rings. The van der Waals surface area contributed by atoms with E-state index in [1.54, 1.807) is 18.2 Å². The summed E-state index contributed by atoms with van der Waals surface area (Å²) in [5.41, 5.74) is 1.20. The van der Waals surface area contributed by atoms with Crippen LogP contribution in [0.4, 0.5) is 0 Å². The van der Waals surface area contributed by atoms with Crippen molar-refractivity contribution in [3.05, 3.63) is 58.0 Å². The molecular formula is C17H18BrNO4. The number of carbonyl (C=O) groups is 2. The van der Waals surface area contributed by atoms with Gasteiger partial charge in [-0.15, -0.1) is 0 Å². The summed E-state index contributed by atoms with van der Waals surface area (Å²) < 4.78 is 6.22. The third-order valence-electron chi connectivity index (χ3n) is 3.42. The monoisotopic (exact) mass is 379 g/mol. The predicted molar refractivity (Wildman–Crippen MR) is 89.3 cm³/mol. The fourth-order valence-electron chi connectivity index (χ4n) is 2.32. The minimum Gasteiger partial charge on any atom is -0.481 e. The molecular weight excluding hydrogens is 362 g/mol. The molecule has 1 aromatic heterocycles. The van der Waals surface area contributed by atoms with E-state index >= 15 is 0 Å². The highest BCUT2D eigenvalue weighted by Crippen LogP contribution is 2.21. The van der Waals surface area contributed by atoms with Crippen molar-refractivity contribution in [1.82, 2.24) is 5.32 Å². The molecule has 1 aromatic carbocycles. The highest BCUT2D eigenvalue weighted by molar-refractivity contribution is 9.10. The van der Waals surface area contributed by atoms with Crippen LogP contribution in [0.2, 0.25) is 0 Å². The fraction of sp³-hybridized carbons (Fsp3) is 0.294. The van der Waals surface area contributed by atoms with Gasteiger partial charge in [-0.2, -0.15) is 0 Å². The van der Waals surface area contributed by atoms with Crippen LogP contribution in [0.1, 0.15) is 47.5 Å². The number of benzene rings is 1. The number of carbonyl (C=O) groups excluding carboxylic acids is 1. The van der Waals surface area contributed by atoms with E-state index in [4.69, 9.17) is 9.52 Å². The maximum Gasteiger partial charge on any atom is 0.305 e. The molecule has 23 heavy (non-hydrogen) atoms. The second-order valence-corrected chi connectivity index (χ2v) is 6.10. The van der Waals surface area contributed by atoms with Crippen molar-refractivity contribution in [2.24, 2.45) is 0 Å². The molecule has 0 spiro atoms. The van der Waals surface area contributed by atoms with E-state index in [2.05, 4.69) is 21.2 Å². The van der Waals surface area contributed by atoms with Crippen LogP contribution in [-0.2, 0) is 11.2 Å². The molecule has 122 valence electrons. The zero-order chi connectivity index (χ0) is 16.8. The van der Waals surface area contributed by atoms with Crippen LogP contribution in [0.5, 0.6) is 0 Å². The Hall–Kier alpha value is -2.08. The molecule has 2 aromatic rings. The Morgan fingerprint density at radius 2 is 1.96 bits per heavy atom. The van der Waals surface area contributed by atoms with Crippen LogP contribution < -0.4 is 5.32 Å². The molecule has 0 aliphatic heterocycles. The van der Waals surface area contributed by atoms with Gasteiger partial charge in [-0.25, -0.2) is 0 Å². The molecule has 1 heterocycles. The number of nitrogens with one attached hydrogen (secondary N) is 1. The van der Waals surface area contributed by atoms with Crippen molar-refractivity contribution < 1.29 is 19.1 Å². The van der Waals surface area contributed by atoms with Crippen LogP contribution >= 0.6 is 15.9 Å². The van der Waals surface area contributed by atoms with Gasteiger partial charge in [-0.05, 0) is 30.2 Å². The van der Waals surface area contributed by atoms with Crippen LogP contribution in [0.25, 0.3) is 0 Å². The van der Waals surface area contributed by atoms with E-state index in [0.29, 0.717) is 17.7 Å². The van der Waals surface area contributed by atoms with Crippen molar-refractivity contribution in [3.63, 3.8) is 0 Å². The lowest BCUT2D eigenvalue weighted by atomic mass is 10.0. The summed E-state index contributed by atoms with van der Waals surface area (Å²) in [6.45, 7) is 2.00. The molecule has 5 nitrogen and oxygen atoms in total. The highest BCUT2D eigenvalue weighted by Gasteiger charge is 2.21. The van der Waals surface area contributed by atoms with Gasteiger partial charge >= 0.3 is 5.97 Å². The molecule has 0 saturated heterocycles. The van der Waals surface area contributed by atoms with Crippen LogP contribution in [0, 0.1) is 0 Å². The lowest BCUT2D eigenvalue weighted by Crippen LogP contribution is -2.30. The van der Waals surface area contributed by atoms with Crippen LogP contribution in [0.15, 0.2) is 45.5 Å². The Kier molecular flexibility index (Phi) is 5.98. The first-order valence-electron chi connectivity index (χ1n) is 7.35.